The van der Waals surface area contributed by atoms with Gasteiger partial charge in [-0.15, -0.1) is 0 Å². The molecule has 2 saturated heterocycles. The Labute approximate surface area is 167 Å². The van der Waals surface area contributed by atoms with Crippen LogP contribution in [0.3, 0.4) is 0 Å². The lowest BCUT2D eigenvalue weighted by atomic mass is 9.83. The predicted octanol–water partition coefficient (Wildman–Crippen LogP) is 2.31. The first-order valence-electron chi connectivity index (χ1n) is 10.8. The van der Waals surface area contributed by atoms with Crippen molar-refractivity contribution >= 4 is 17.5 Å². The largest absolute Gasteiger partial charge is 0.353 e. The van der Waals surface area contributed by atoms with Crippen LogP contribution >= 0.6 is 0 Å². The fraction of sp³-hybridized carbons (Fsp3) is 0.636. The Morgan fingerprint density at radius 2 is 1.89 bits per heavy atom. The smallest absolute Gasteiger partial charge is 0.247 e. The number of hydrogen-bond donors (Lipinski definition) is 2. The quantitative estimate of drug-likeness (QED) is 0.818. The van der Waals surface area contributed by atoms with Crippen LogP contribution in [0.5, 0.6) is 0 Å². The molecule has 3 aliphatic rings. The molecule has 6 nitrogen and oxygen atoms in total. The number of piperidine rings is 1. The zero-order valence-corrected chi connectivity index (χ0v) is 16.8. The highest BCUT2D eigenvalue weighted by atomic mass is 16.2. The summed E-state index contributed by atoms with van der Waals surface area (Å²) < 4.78 is 0. The fourth-order valence-corrected chi connectivity index (χ4v) is 5.01. The molecule has 2 N–H and O–H groups in total. The van der Waals surface area contributed by atoms with Gasteiger partial charge in [-0.1, -0.05) is 44.4 Å². The van der Waals surface area contributed by atoms with Gasteiger partial charge in [-0.2, -0.15) is 0 Å². The van der Waals surface area contributed by atoms with E-state index in [-0.39, 0.29) is 29.7 Å². The van der Waals surface area contributed by atoms with Crippen molar-refractivity contribution in [3.05, 3.63) is 30.3 Å². The highest BCUT2D eigenvalue weighted by Gasteiger charge is 2.50. The van der Waals surface area contributed by atoms with E-state index in [1.807, 2.05) is 30.3 Å². The van der Waals surface area contributed by atoms with Crippen molar-refractivity contribution in [3.63, 3.8) is 0 Å². The van der Waals surface area contributed by atoms with Crippen molar-refractivity contribution in [3.8, 4) is 0 Å². The van der Waals surface area contributed by atoms with E-state index in [2.05, 4.69) is 22.6 Å². The third kappa shape index (κ3) is 3.94. The highest BCUT2D eigenvalue weighted by Crippen LogP contribution is 2.32. The van der Waals surface area contributed by atoms with Gasteiger partial charge in [0.05, 0.1) is 23.6 Å². The summed E-state index contributed by atoms with van der Waals surface area (Å²) in [6, 6.07) is 9.84. The Balaban J connectivity index is 1.53. The van der Waals surface area contributed by atoms with E-state index in [4.69, 9.17) is 0 Å². The summed E-state index contributed by atoms with van der Waals surface area (Å²) in [6.45, 7) is 4.51. The molecule has 6 heteroatoms. The number of hydrazine groups is 1. The first kappa shape index (κ1) is 19.4. The molecule has 1 saturated carbocycles. The molecule has 1 aromatic carbocycles. The summed E-state index contributed by atoms with van der Waals surface area (Å²) in [5.41, 5.74) is 4.23. The number of rotatable bonds is 5. The van der Waals surface area contributed by atoms with Crippen LogP contribution in [0.25, 0.3) is 0 Å². The Kier molecular flexibility index (Phi) is 5.97. The number of likely N-dealkylation sites (tertiary alicyclic amines) is 1. The van der Waals surface area contributed by atoms with E-state index in [1.165, 1.54) is 19.3 Å². The number of benzene rings is 1. The Bertz CT molecular complexity index is 689. The summed E-state index contributed by atoms with van der Waals surface area (Å²) in [6.07, 6.45) is 6.84. The van der Waals surface area contributed by atoms with Gasteiger partial charge in [0, 0.05) is 19.1 Å². The van der Waals surface area contributed by atoms with Crippen LogP contribution in [0.15, 0.2) is 30.3 Å². The second-order valence-corrected chi connectivity index (χ2v) is 8.48. The summed E-state index contributed by atoms with van der Waals surface area (Å²) in [5, 5.41) is 4.96. The van der Waals surface area contributed by atoms with Crippen LogP contribution < -0.4 is 15.8 Å². The zero-order valence-electron chi connectivity index (χ0n) is 16.8. The minimum atomic E-state index is -0.204. The molecule has 152 valence electrons. The van der Waals surface area contributed by atoms with Crippen LogP contribution in [0, 0.1) is 11.8 Å². The molecule has 2 heterocycles. The maximum absolute atomic E-state index is 13.2. The maximum atomic E-state index is 13.2. The number of fused-ring (bicyclic) bond motifs is 1. The summed E-state index contributed by atoms with van der Waals surface area (Å²) in [7, 11) is 0. The summed E-state index contributed by atoms with van der Waals surface area (Å²) in [4.78, 5) is 28.6. The highest BCUT2D eigenvalue weighted by molar-refractivity contribution is 5.98. The molecule has 0 aromatic heterocycles. The minimum Gasteiger partial charge on any atom is -0.353 e. The molecule has 0 bridgehead atoms. The van der Waals surface area contributed by atoms with E-state index in [0.29, 0.717) is 6.04 Å². The van der Waals surface area contributed by atoms with E-state index in [1.54, 1.807) is 5.01 Å². The lowest BCUT2D eigenvalue weighted by Crippen LogP contribution is -2.58. The maximum Gasteiger partial charge on any atom is 0.247 e. The molecule has 3 unspecified atom stereocenters. The fourth-order valence-electron chi connectivity index (χ4n) is 5.01. The molecule has 1 aliphatic carbocycles. The zero-order chi connectivity index (χ0) is 19.5. The van der Waals surface area contributed by atoms with Gasteiger partial charge in [0.1, 0.15) is 0 Å². The van der Waals surface area contributed by atoms with Crippen molar-refractivity contribution in [1.29, 1.82) is 0 Å². The average molecular weight is 385 g/mol. The third-order valence-corrected chi connectivity index (χ3v) is 6.44. The van der Waals surface area contributed by atoms with E-state index >= 15 is 0 Å². The first-order chi connectivity index (χ1) is 13.7. The molecule has 1 aromatic rings. The number of para-hydroxylation sites is 1. The number of anilines is 1. The molecule has 2 aliphatic heterocycles. The van der Waals surface area contributed by atoms with Gasteiger partial charge in [-0.05, 0) is 37.9 Å². The summed E-state index contributed by atoms with van der Waals surface area (Å²) in [5.74, 6) is -0.196. The molecule has 4 rings (SSSR count). The van der Waals surface area contributed by atoms with Gasteiger partial charge < -0.3 is 10.2 Å². The monoisotopic (exact) mass is 384 g/mol. The van der Waals surface area contributed by atoms with Gasteiger partial charge in [-0.3, -0.25) is 9.59 Å². The normalized spacial score (nSPS) is 29.0. The second kappa shape index (κ2) is 8.62. The lowest BCUT2D eigenvalue weighted by Gasteiger charge is -2.39. The van der Waals surface area contributed by atoms with Gasteiger partial charge in [0.15, 0.2) is 0 Å². The van der Waals surface area contributed by atoms with E-state index in [0.717, 1.165) is 44.6 Å². The predicted molar refractivity (Wildman–Crippen MR) is 110 cm³/mol. The topological polar surface area (TPSA) is 64.7 Å². The van der Waals surface area contributed by atoms with Gasteiger partial charge in [-0.25, -0.2) is 10.4 Å². The van der Waals surface area contributed by atoms with Crippen LogP contribution in [-0.2, 0) is 9.59 Å². The van der Waals surface area contributed by atoms with Gasteiger partial charge in [0.25, 0.3) is 0 Å². The Hall–Kier alpha value is -1.92. The molecule has 0 spiro atoms. The number of nitrogens with one attached hydrogen (secondary N) is 2. The molecule has 2 amide bonds. The Morgan fingerprint density at radius 3 is 2.61 bits per heavy atom. The van der Waals surface area contributed by atoms with Gasteiger partial charge in [0.2, 0.25) is 11.8 Å². The SMILES string of the molecule is CCCN1CC(C(=O)NC2CCCCC2)C2NN(c3ccccc3)C(=O)C2C1. The van der Waals surface area contributed by atoms with Crippen molar-refractivity contribution in [1.82, 2.24) is 15.6 Å². The lowest BCUT2D eigenvalue weighted by molar-refractivity contribution is -0.130. The number of hydrogen-bond acceptors (Lipinski definition) is 4. The van der Waals surface area contributed by atoms with Crippen molar-refractivity contribution in [2.45, 2.75) is 57.5 Å². The number of carbonyl (C=O) groups is 2. The first-order valence-corrected chi connectivity index (χ1v) is 10.8. The average Bonchev–Trinajstić information content (AvgIpc) is 3.06. The molecule has 3 fully saturated rings. The number of carbonyl (C=O) groups excluding carboxylic acids is 2. The van der Waals surface area contributed by atoms with Crippen LogP contribution in [-0.4, -0.2) is 48.4 Å². The number of nitrogens with zero attached hydrogens (tertiary/aromatic N) is 2. The van der Waals surface area contributed by atoms with Gasteiger partial charge >= 0.3 is 0 Å². The molecular weight excluding hydrogens is 352 g/mol. The molecule has 28 heavy (non-hydrogen) atoms. The molecule has 3 atom stereocenters. The van der Waals surface area contributed by atoms with E-state index in [9.17, 15) is 9.59 Å². The number of amides is 2. The minimum absolute atomic E-state index is 0.0764. The van der Waals surface area contributed by atoms with Crippen LogP contribution in [0.2, 0.25) is 0 Å². The third-order valence-electron chi connectivity index (χ3n) is 6.44. The van der Waals surface area contributed by atoms with E-state index < -0.39 is 0 Å². The van der Waals surface area contributed by atoms with Crippen LogP contribution in [0.1, 0.15) is 45.4 Å². The standard InChI is InChI=1S/C22H32N4O2/c1-2-13-25-14-18(21(27)23-16-9-5-3-6-10-16)20-19(15-25)22(28)26(24-20)17-11-7-4-8-12-17/h4,7-8,11-12,16,18-20,24H,2-3,5-6,9-10,13-15H2,1H3,(H,23,27). The molecular formula is C22H32N4O2. The Morgan fingerprint density at radius 1 is 1.14 bits per heavy atom. The summed E-state index contributed by atoms with van der Waals surface area (Å²) >= 11 is 0. The van der Waals surface area contributed by atoms with Crippen molar-refractivity contribution < 1.29 is 9.59 Å². The second-order valence-electron chi connectivity index (χ2n) is 8.48. The van der Waals surface area contributed by atoms with Crippen LogP contribution in [0.4, 0.5) is 5.69 Å². The molecule has 0 radical (unpaired) electrons. The van der Waals surface area contributed by atoms with Crippen molar-refractivity contribution in [2.24, 2.45) is 11.8 Å². The van der Waals surface area contributed by atoms with Crippen molar-refractivity contribution in [2.75, 3.05) is 24.6 Å².